The van der Waals surface area contributed by atoms with Gasteiger partial charge >= 0.3 is 5.97 Å². The highest BCUT2D eigenvalue weighted by Crippen LogP contribution is 2.40. The quantitative estimate of drug-likeness (QED) is 0.256. The maximum Gasteiger partial charge on any atom is 0.335 e. The van der Waals surface area contributed by atoms with E-state index in [2.05, 4.69) is 20.9 Å². The predicted molar refractivity (Wildman–Crippen MR) is 155 cm³/mol. The van der Waals surface area contributed by atoms with Crippen molar-refractivity contribution in [3.8, 4) is 11.5 Å². The van der Waals surface area contributed by atoms with Crippen molar-refractivity contribution in [3.63, 3.8) is 0 Å². The summed E-state index contributed by atoms with van der Waals surface area (Å²) in [6, 6.07) is 15.1. The Morgan fingerprint density at radius 1 is 1.16 bits per heavy atom. The van der Waals surface area contributed by atoms with Crippen LogP contribution in [0, 0.1) is 0 Å². The zero-order valence-electron chi connectivity index (χ0n) is 20.2. The lowest BCUT2D eigenvalue weighted by Crippen LogP contribution is -2.23. The molecular weight excluding hydrogens is 615 g/mol. The molecule has 0 saturated carbocycles. The number of aliphatic imine (C=N–C) groups is 1. The van der Waals surface area contributed by atoms with Crippen LogP contribution in [0.3, 0.4) is 0 Å². The van der Waals surface area contributed by atoms with Crippen LogP contribution in [-0.4, -0.2) is 40.7 Å². The molecule has 1 amide bonds. The third-order valence-corrected chi connectivity index (χ3v) is 7.57. The first kappa shape index (κ1) is 28.0. The number of likely N-dealkylation sites (N-methyl/N-ethyl adjacent to an activating group) is 1. The van der Waals surface area contributed by atoms with Crippen molar-refractivity contribution >= 4 is 79.7 Å². The van der Waals surface area contributed by atoms with E-state index < -0.39 is 5.97 Å². The SMILES string of the molecule is CCOc1cc(/C=C2/SC(=Nc3cccc(C(=O)O)c3)N(C)C2=O)cc(Br)c1OCc1ccc(Cl)cc1Cl. The number of hydrogen-bond donors (Lipinski definition) is 1. The molecule has 1 N–H and O–H groups in total. The molecule has 0 aliphatic carbocycles. The van der Waals surface area contributed by atoms with Crippen molar-refractivity contribution in [2.75, 3.05) is 13.7 Å². The fourth-order valence-electron chi connectivity index (χ4n) is 3.48. The number of carbonyl (C=O) groups is 2. The van der Waals surface area contributed by atoms with Crippen molar-refractivity contribution in [1.82, 2.24) is 4.90 Å². The summed E-state index contributed by atoms with van der Waals surface area (Å²) in [6.45, 7) is 2.48. The highest BCUT2D eigenvalue weighted by molar-refractivity contribution is 9.10. The van der Waals surface area contributed by atoms with Crippen LogP contribution in [0.1, 0.15) is 28.4 Å². The second kappa shape index (κ2) is 12.3. The zero-order valence-corrected chi connectivity index (χ0v) is 24.1. The maximum atomic E-state index is 12.9. The molecule has 11 heteroatoms. The summed E-state index contributed by atoms with van der Waals surface area (Å²) in [5.74, 6) is -0.268. The van der Waals surface area contributed by atoms with Crippen LogP contribution in [0.2, 0.25) is 10.0 Å². The molecule has 0 atom stereocenters. The highest BCUT2D eigenvalue weighted by atomic mass is 79.9. The molecule has 196 valence electrons. The van der Waals surface area contributed by atoms with Crippen LogP contribution >= 0.6 is 50.9 Å². The van der Waals surface area contributed by atoms with Gasteiger partial charge in [0.2, 0.25) is 0 Å². The molecular formula is C27H21BrCl2N2O5S. The van der Waals surface area contributed by atoms with Crippen LogP contribution in [0.4, 0.5) is 5.69 Å². The number of rotatable bonds is 8. The van der Waals surface area contributed by atoms with Gasteiger partial charge < -0.3 is 14.6 Å². The zero-order chi connectivity index (χ0) is 27.4. The lowest BCUT2D eigenvalue weighted by molar-refractivity contribution is -0.121. The van der Waals surface area contributed by atoms with Crippen LogP contribution in [0.15, 0.2) is 69.0 Å². The van der Waals surface area contributed by atoms with Gasteiger partial charge in [-0.15, -0.1) is 0 Å². The number of amides is 1. The van der Waals surface area contributed by atoms with E-state index in [9.17, 15) is 14.7 Å². The van der Waals surface area contributed by atoms with Crippen LogP contribution in [0.5, 0.6) is 11.5 Å². The van der Waals surface area contributed by atoms with Crippen LogP contribution < -0.4 is 9.47 Å². The normalized spacial score (nSPS) is 15.4. The number of benzene rings is 3. The van der Waals surface area contributed by atoms with Gasteiger partial charge in [-0.3, -0.25) is 9.69 Å². The van der Waals surface area contributed by atoms with E-state index in [1.165, 1.54) is 28.8 Å². The van der Waals surface area contributed by atoms with Gasteiger partial charge in [-0.05, 0) is 88.7 Å². The fraction of sp³-hybridized carbons (Fsp3) is 0.148. The molecule has 1 aliphatic heterocycles. The standard InChI is InChI=1S/C27H21BrCl2N2O5S/c1-3-36-22-10-15(9-20(28)24(22)37-14-17-7-8-18(29)13-21(17)30)11-23-25(33)32(2)27(38-23)31-19-6-4-5-16(12-19)26(34)35/h4-13H,3,14H2,1-2H3,(H,34,35)/b23-11+,31-27?. The number of hydrogen-bond acceptors (Lipinski definition) is 6. The minimum Gasteiger partial charge on any atom is -0.490 e. The lowest BCUT2D eigenvalue weighted by atomic mass is 10.1. The van der Waals surface area contributed by atoms with Crippen LogP contribution in [0.25, 0.3) is 6.08 Å². The molecule has 0 unspecified atom stereocenters. The van der Waals surface area contributed by atoms with E-state index >= 15 is 0 Å². The molecule has 0 spiro atoms. The Labute approximate surface area is 242 Å². The van der Waals surface area contributed by atoms with Crippen molar-refractivity contribution in [2.24, 2.45) is 4.99 Å². The van der Waals surface area contributed by atoms with Gasteiger partial charge in [-0.2, -0.15) is 0 Å². The largest absolute Gasteiger partial charge is 0.490 e. The molecule has 1 heterocycles. The number of ether oxygens (including phenoxy) is 2. The first-order chi connectivity index (χ1) is 18.2. The monoisotopic (exact) mass is 634 g/mol. The summed E-state index contributed by atoms with van der Waals surface area (Å²) in [5, 5.41) is 10.7. The molecule has 1 saturated heterocycles. The second-order valence-electron chi connectivity index (χ2n) is 8.01. The molecule has 1 aliphatic rings. The first-order valence-electron chi connectivity index (χ1n) is 11.3. The predicted octanol–water partition coefficient (Wildman–Crippen LogP) is 7.67. The number of halogens is 3. The summed E-state index contributed by atoms with van der Waals surface area (Å²) in [7, 11) is 1.62. The number of thioether (sulfide) groups is 1. The van der Waals surface area contributed by atoms with Crippen molar-refractivity contribution < 1.29 is 24.2 Å². The Morgan fingerprint density at radius 2 is 1.95 bits per heavy atom. The number of amidine groups is 1. The molecule has 0 bridgehead atoms. The third-order valence-electron chi connectivity index (χ3n) is 5.34. The van der Waals surface area contributed by atoms with Crippen LogP contribution in [-0.2, 0) is 11.4 Å². The summed E-state index contributed by atoms with van der Waals surface area (Å²) in [4.78, 5) is 30.6. The Bertz CT molecular complexity index is 1480. The molecule has 3 aromatic carbocycles. The van der Waals surface area contributed by atoms with Gasteiger partial charge in [0.1, 0.15) is 6.61 Å². The number of carboxylic acids is 1. The van der Waals surface area contributed by atoms with E-state index in [4.69, 9.17) is 32.7 Å². The van der Waals surface area contributed by atoms with E-state index in [1.807, 2.05) is 13.0 Å². The smallest absolute Gasteiger partial charge is 0.335 e. The van der Waals surface area contributed by atoms with Gasteiger partial charge in [-0.1, -0.05) is 35.3 Å². The molecule has 3 aromatic rings. The summed E-state index contributed by atoms with van der Waals surface area (Å²) < 4.78 is 12.5. The van der Waals surface area contributed by atoms with Crippen molar-refractivity contribution in [1.29, 1.82) is 0 Å². The molecule has 38 heavy (non-hydrogen) atoms. The Morgan fingerprint density at radius 3 is 2.66 bits per heavy atom. The Balaban J connectivity index is 1.59. The maximum absolute atomic E-state index is 12.9. The number of carboxylic acid groups (broad SMARTS) is 1. The van der Waals surface area contributed by atoms with E-state index in [0.29, 0.717) is 48.4 Å². The summed E-state index contributed by atoms with van der Waals surface area (Å²) in [5.41, 5.74) is 2.05. The minimum atomic E-state index is -1.05. The van der Waals surface area contributed by atoms with E-state index in [0.717, 1.165) is 11.1 Å². The first-order valence-corrected chi connectivity index (χ1v) is 13.7. The third kappa shape index (κ3) is 6.53. The minimum absolute atomic E-state index is 0.119. The van der Waals surface area contributed by atoms with E-state index in [-0.39, 0.29) is 18.1 Å². The van der Waals surface area contributed by atoms with Gasteiger partial charge in [0.15, 0.2) is 16.7 Å². The van der Waals surface area contributed by atoms with Gasteiger partial charge in [0.05, 0.1) is 27.2 Å². The Hall–Kier alpha value is -2.98. The molecule has 0 radical (unpaired) electrons. The number of aromatic carboxylic acids is 1. The molecule has 7 nitrogen and oxygen atoms in total. The average Bonchev–Trinajstić information content (AvgIpc) is 3.12. The number of carbonyl (C=O) groups excluding carboxylic acids is 1. The fourth-order valence-corrected chi connectivity index (χ4v) is 5.51. The van der Waals surface area contributed by atoms with Crippen molar-refractivity contribution in [3.05, 3.63) is 90.7 Å². The van der Waals surface area contributed by atoms with Gasteiger partial charge in [0.25, 0.3) is 5.91 Å². The molecule has 1 fully saturated rings. The topological polar surface area (TPSA) is 88.4 Å². The summed E-state index contributed by atoms with van der Waals surface area (Å²) in [6.07, 6.45) is 1.74. The van der Waals surface area contributed by atoms with Crippen molar-refractivity contribution in [2.45, 2.75) is 13.5 Å². The molecule has 0 aromatic heterocycles. The second-order valence-corrected chi connectivity index (χ2v) is 10.7. The highest BCUT2D eigenvalue weighted by Gasteiger charge is 2.30. The summed E-state index contributed by atoms with van der Waals surface area (Å²) >= 11 is 17.0. The van der Waals surface area contributed by atoms with Gasteiger partial charge in [-0.25, -0.2) is 9.79 Å². The Kier molecular flexibility index (Phi) is 9.04. The number of nitrogens with zero attached hydrogens (tertiary/aromatic N) is 2. The average molecular weight is 636 g/mol. The molecule has 4 rings (SSSR count). The van der Waals surface area contributed by atoms with E-state index in [1.54, 1.807) is 49.5 Å². The van der Waals surface area contributed by atoms with Gasteiger partial charge in [0, 0.05) is 22.7 Å². The lowest BCUT2D eigenvalue weighted by Gasteiger charge is -2.15.